The Morgan fingerprint density at radius 2 is 1.96 bits per heavy atom. The summed E-state index contributed by atoms with van der Waals surface area (Å²) in [4.78, 5) is 12.5. The average molecular weight is 381 g/mol. The number of hydrogen-bond donors (Lipinski definition) is 0. The lowest BCUT2D eigenvalue weighted by atomic mass is 10.1. The molecule has 0 aliphatic heterocycles. The maximum atomic E-state index is 12.5. The van der Waals surface area contributed by atoms with E-state index >= 15 is 0 Å². The first-order valence-electron chi connectivity index (χ1n) is 9.09. The zero-order chi connectivity index (χ0) is 19.1. The molecule has 138 valence electrons. The molecule has 3 aromatic rings. The Balaban J connectivity index is 1.84. The SMILES string of the molecule is CCOC(=O)c1nn(Cc2ccc(C)cc2)c2c1Cc1cc(Cl)c(C)cc1-2. The van der Waals surface area contributed by atoms with Crippen LogP contribution < -0.4 is 0 Å². The number of nitrogens with zero attached hydrogens (tertiary/aromatic N) is 2. The predicted molar refractivity (Wildman–Crippen MR) is 106 cm³/mol. The smallest absolute Gasteiger partial charge is 0.359 e. The quantitative estimate of drug-likeness (QED) is 0.470. The maximum absolute atomic E-state index is 12.5. The van der Waals surface area contributed by atoms with Crippen LogP contribution >= 0.6 is 11.6 Å². The molecule has 0 radical (unpaired) electrons. The third-order valence-corrected chi connectivity index (χ3v) is 5.39. The lowest BCUT2D eigenvalue weighted by Crippen LogP contribution is -2.10. The molecule has 0 bridgehead atoms. The molecule has 0 unspecified atom stereocenters. The molecule has 1 aromatic heterocycles. The van der Waals surface area contributed by atoms with Gasteiger partial charge in [0.15, 0.2) is 5.69 Å². The Morgan fingerprint density at radius 1 is 1.22 bits per heavy atom. The summed E-state index contributed by atoms with van der Waals surface area (Å²) in [6.45, 7) is 6.79. The number of benzene rings is 2. The van der Waals surface area contributed by atoms with Gasteiger partial charge in [0, 0.05) is 22.6 Å². The van der Waals surface area contributed by atoms with E-state index in [1.54, 1.807) is 6.92 Å². The summed E-state index contributed by atoms with van der Waals surface area (Å²) >= 11 is 6.32. The van der Waals surface area contributed by atoms with E-state index < -0.39 is 0 Å². The van der Waals surface area contributed by atoms with Crippen LogP contribution in [0.1, 0.15) is 45.2 Å². The van der Waals surface area contributed by atoms with Crippen LogP contribution in [-0.4, -0.2) is 22.4 Å². The molecule has 0 N–H and O–H groups in total. The van der Waals surface area contributed by atoms with Crippen molar-refractivity contribution in [1.29, 1.82) is 0 Å². The number of aryl methyl sites for hydroxylation is 2. The highest BCUT2D eigenvalue weighted by Crippen LogP contribution is 2.41. The zero-order valence-corrected chi connectivity index (χ0v) is 16.4. The van der Waals surface area contributed by atoms with Gasteiger partial charge >= 0.3 is 5.97 Å². The Bertz CT molecular complexity index is 1040. The second-order valence-corrected chi connectivity index (χ2v) is 7.38. The van der Waals surface area contributed by atoms with Crippen molar-refractivity contribution < 1.29 is 9.53 Å². The highest BCUT2D eigenvalue weighted by Gasteiger charge is 2.31. The van der Waals surface area contributed by atoms with E-state index in [9.17, 15) is 4.79 Å². The lowest BCUT2D eigenvalue weighted by Gasteiger charge is -2.10. The summed E-state index contributed by atoms with van der Waals surface area (Å²) in [5.74, 6) is -0.368. The van der Waals surface area contributed by atoms with Crippen LogP contribution in [0.3, 0.4) is 0 Å². The molecular weight excluding hydrogens is 360 g/mol. The van der Waals surface area contributed by atoms with Crippen molar-refractivity contribution in [2.45, 2.75) is 33.7 Å². The second kappa shape index (κ2) is 6.86. The molecule has 1 heterocycles. The standard InChI is InChI=1S/C22H21ClN2O2/c1-4-27-22(26)20-18-10-16-11-19(23)14(3)9-17(16)21(18)25(24-20)12-15-7-5-13(2)6-8-15/h5-9,11H,4,10,12H2,1-3H3. The molecule has 0 fully saturated rings. The molecule has 4 nitrogen and oxygen atoms in total. The highest BCUT2D eigenvalue weighted by molar-refractivity contribution is 6.31. The number of hydrogen-bond acceptors (Lipinski definition) is 3. The number of aromatic nitrogens is 2. The van der Waals surface area contributed by atoms with Crippen LogP contribution in [0.2, 0.25) is 5.02 Å². The monoisotopic (exact) mass is 380 g/mol. The highest BCUT2D eigenvalue weighted by atomic mass is 35.5. The Hall–Kier alpha value is -2.59. The van der Waals surface area contributed by atoms with Crippen LogP contribution in [-0.2, 0) is 17.7 Å². The molecule has 0 atom stereocenters. The van der Waals surface area contributed by atoms with Gasteiger partial charge in [-0.15, -0.1) is 0 Å². The molecule has 27 heavy (non-hydrogen) atoms. The molecular formula is C22H21ClN2O2. The number of carbonyl (C=O) groups is 1. The summed E-state index contributed by atoms with van der Waals surface area (Å²) in [5.41, 5.74) is 7.93. The van der Waals surface area contributed by atoms with Crippen LogP contribution in [0.15, 0.2) is 36.4 Å². The molecule has 1 aliphatic rings. The zero-order valence-electron chi connectivity index (χ0n) is 15.7. The largest absolute Gasteiger partial charge is 0.461 e. The predicted octanol–water partition coefficient (Wildman–Crippen LogP) is 4.95. The minimum atomic E-state index is -0.368. The van der Waals surface area contributed by atoms with Crippen molar-refractivity contribution in [2.24, 2.45) is 0 Å². The van der Waals surface area contributed by atoms with Gasteiger partial charge in [0.25, 0.3) is 0 Å². The lowest BCUT2D eigenvalue weighted by molar-refractivity contribution is 0.0517. The van der Waals surface area contributed by atoms with Gasteiger partial charge in [0.1, 0.15) is 0 Å². The number of ether oxygens (including phenoxy) is 1. The Morgan fingerprint density at radius 3 is 2.67 bits per heavy atom. The topological polar surface area (TPSA) is 44.1 Å². The summed E-state index contributed by atoms with van der Waals surface area (Å²) in [6.07, 6.45) is 0.646. The fourth-order valence-corrected chi connectivity index (χ4v) is 3.78. The van der Waals surface area contributed by atoms with E-state index in [1.807, 2.05) is 17.7 Å². The number of halogens is 1. The molecule has 1 aliphatic carbocycles. The van der Waals surface area contributed by atoms with Gasteiger partial charge < -0.3 is 4.74 Å². The Kier molecular flexibility index (Phi) is 4.52. The van der Waals surface area contributed by atoms with Crippen LogP contribution in [0, 0.1) is 13.8 Å². The summed E-state index contributed by atoms with van der Waals surface area (Å²) in [7, 11) is 0. The van der Waals surface area contributed by atoms with Crippen molar-refractivity contribution in [2.75, 3.05) is 6.61 Å². The van der Waals surface area contributed by atoms with E-state index in [4.69, 9.17) is 16.3 Å². The first-order chi connectivity index (χ1) is 13.0. The van der Waals surface area contributed by atoms with Crippen molar-refractivity contribution in [3.63, 3.8) is 0 Å². The van der Waals surface area contributed by atoms with Gasteiger partial charge in [-0.2, -0.15) is 5.10 Å². The number of esters is 1. The minimum absolute atomic E-state index is 0.330. The number of fused-ring (bicyclic) bond motifs is 3. The minimum Gasteiger partial charge on any atom is -0.461 e. The molecule has 0 saturated heterocycles. The first kappa shape index (κ1) is 17.8. The van der Waals surface area contributed by atoms with Gasteiger partial charge in [0.05, 0.1) is 18.8 Å². The van der Waals surface area contributed by atoms with Crippen LogP contribution in [0.25, 0.3) is 11.3 Å². The third kappa shape index (κ3) is 3.15. The van der Waals surface area contributed by atoms with Crippen LogP contribution in [0.5, 0.6) is 0 Å². The molecule has 0 amide bonds. The summed E-state index contributed by atoms with van der Waals surface area (Å²) < 4.78 is 7.16. The second-order valence-electron chi connectivity index (χ2n) is 6.97. The Labute approximate surface area is 163 Å². The van der Waals surface area contributed by atoms with Gasteiger partial charge in [0.2, 0.25) is 0 Å². The van der Waals surface area contributed by atoms with Crippen molar-refractivity contribution in [1.82, 2.24) is 9.78 Å². The molecule has 0 spiro atoms. The summed E-state index contributed by atoms with van der Waals surface area (Å²) in [5, 5.41) is 5.37. The van der Waals surface area contributed by atoms with E-state index in [1.165, 1.54) is 5.56 Å². The molecule has 5 heteroatoms. The fraction of sp³-hybridized carbons (Fsp3) is 0.273. The van der Waals surface area contributed by atoms with Gasteiger partial charge in [-0.05, 0) is 49.6 Å². The van der Waals surface area contributed by atoms with Crippen molar-refractivity contribution in [3.05, 3.63) is 74.9 Å². The third-order valence-electron chi connectivity index (χ3n) is 4.98. The summed E-state index contributed by atoms with van der Waals surface area (Å²) in [6, 6.07) is 12.4. The molecule has 4 rings (SSSR count). The first-order valence-corrected chi connectivity index (χ1v) is 9.47. The normalized spacial score (nSPS) is 12.0. The van der Waals surface area contributed by atoms with Gasteiger partial charge in [-0.25, -0.2) is 4.79 Å². The van der Waals surface area contributed by atoms with Gasteiger partial charge in [-0.1, -0.05) is 41.4 Å². The van der Waals surface area contributed by atoms with E-state index in [0.717, 1.165) is 38.5 Å². The van der Waals surface area contributed by atoms with Gasteiger partial charge in [-0.3, -0.25) is 4.68 Å². The fourth-order valence-electron chi connectivity index (χ4n) is 3.59. The molecule has 0 saturated carbocycles. The van der Waals surface area contributed by atoms with Crippen molar-refractivity contribution >= 4 is 17.6 Å². The van der Waals surface area contributed by atoms with E-state index in [2.05, 4.69) is 42.4 Å². The van der Waals surface area contributed by atoms with Crippen molar-refractivity contribution in [3.8, 4) is 11.3 Å². The number of rotatable bonds is 4. The van der Waals surface area contributed by atoms with E-state index in [0.29, 0.717) is 25.3 Å². The maximum Gasteiger partial charge on any atom is 0.359 e. The average Bonchev–Trinajstić information content (AvgIpc) is 3.15. The molecule has 2 aromatic carbocycles. The van der Waals surface area contributed by atoms with Crippen LogP contribution in [0.4, 0.5) is 0 Å². The number of carbonyl (C=O) groups excluding carboxylic acids is 1. The van der Waals surface area contributed by atoms with E-state index in [-0.39, 0.29) is 5.97 Å².